The molecule has 3 aromatic rings. The minimum Gasteiger partial charge on any atom is -0.336 e. The summed E-state index contributed by atoms with van der Waals surface area (Å²) in [6, 6.07) is 11.4. The minimum absolute atomic E-state index is 0.0576. The molecule has 6 nitrogen and oxygen atoms in total. The second-order valence-corrected chi connectivity index (χ2v) is 6.70. The summed E-state index contributed by atoms with van der Waals surface area (Å²) in [5.74, 6) is 0.598. The summed E-state index contributed by atoms with van der Waals surface area (Å²) in [6.07, 6.45) is 4.74. The molecule has 1 aromatic carbocycles. The predicted molar refractivity (Wildman–Crippen MR) is 103 cm³/mol. The second kappa shape index (κ2) is 8.14. The van der Waals surface area contributed by atoms with Crippen LogP contribution in [0.3, 0.4) is 0 Å². The highest BCUT2D eigenvalue weighted by Gasteiger charge is 2.14. The molecular weight excluding hydrogens is 346 g/mol. The normalized spacial score (nSPS) is 10.7. The molecule has 7 heteroatoms. The smallest absolute Gasteiger partial charge is 0.253 e. The van der Waals surface area contributed by atoms with Crippen LogP contribution in [-0.2, 0) is 13.0 Å². The monoisotopic (exact) mass is 367 g/mol. The molecule has 2 heterocycles. The Balaban J connectivity index is 1.74. The molecule has 3 rings (SSSR count). The number of aryl methyl sites for hydroxylation is 1. The van der Waals surface area contributed by atoms with Crippen LogP contribution in [0, 0.1) is 0 Å². The van der Waals surface area contributed by atoms with Crippen LogP contribution in [0.15, 0.2) is 47.8 Å². The molecule has 0 saturated carbocycles. The summed E-state index contributed by atoms with van der Waals surface area (Å²) in [4.78, 5) is 23.2. The lowest BCUT2D eigenvalue weighted by Gasteiger charge is -2.17. The Morgan fingerprint density at radius 1 is 1.27 bits per heavy atom. The van der Waals surface area contributed by atoms with Crippen LogP contribution < -0.4 is 0 Å². The standard InChI is InChI=1S/C19H21N5OS/c1-4-13-8-9-16(20-11-13)12-24(2)18(25)15-7-5-6-14(10-15)17-21-19(26-3)23-22-17/h5-11H,4,12H2,1-3H3,(H,21,22,23). The number of thioether (sulfide) groups is 1. The molecule has 0 atom stereocenters. The summed E-state index contributed by atoms with van der Waals surface area (Å²) < 4.78 is 0. The van der Waals surface area contributed by atoms with E-state index in [4.69, 9.17) is 0 Å². The number of carbonyl (C=O) groups is 1. The first-order chi connectivity index (χ1) is 12.6. The molecule has 1 amide bonds. The second-order valence-electron chi connectivity index (χ2n) is 5.92. The maximum atomic E-state index is 12.8. The molecule has 0 fully saturated rings. The van der Waals surface area contributed by atoms with E-state index in [1.54, 1.807) is 11.9 Å². The van der Waals surface area contributed by atoms with Gasteiger partial charge in [-0.15, -0.1) is 5.10 Å². The van der Waals surface area contributed by atoms with Gasteiger partial charge in [0.05, 0.1) is 12.2 Å². The molecule has 134 valence electrons. The number of aromatic nitrogens is 4. The zero-order chi connectivity index (χ0) is 18.5. The Morgan fingerprint density at radius 3 is 2.77 bits per heavy atom. The van der Waals surface area contributed by atoms with E-state index < -0.39 is 0 Å². The number of aromatic amines is 1. The van der Waals surface area contributed by atoms with Crippen molar-refractivity contribution in [2.75, 3.05) is 13.3 Å². The summed E-state index contributed by atoms with van der Waals surface area (Å²) in [5.41, 5.74) is 3.50. The third-order valence-electron chi connectivity index (χ3n) is 4.07. The van der Waals surface area contributed by atoms with Gasteiger partial charge in [-0.3, -0.25) is 14.9 Å². The Kier molecular flexibility index (Phi) is 5.68. The van der Waals surface area contributed by atoms with Crippen molar-refractivity contribution in [3.63, 3.8) is 0 Å². The number of H-pyrrole nitrogens is 1. The number of pyridine rings is 1. The van der Waals surface area contributed by atoms with Crippen LogP contribution in [0.4, 0.5) is 0 Å². The molecule has 1 N–H and O–H groups in total. The Morgan fingerprint density at radius 2 is 2.12 bits per heavy atom. The fourth-order valence-electron chi connectivity index (χ4n) is 2.56. The highest BCUT2D eigenvalue weighted by molar-refractivity contribution is 7.98. The fraction of sp³-hybridized carbons (Fsp3) is 0.263. The van der Waals surface area contributed by atoms with Crippen molar-refractivity contribution in [3.05, 3.63) is 59.4 Å². The van der Waals surface area contributed by atoms with Gasteiger partial charge in [-0.25, -0.2) is 4.98 Å². The van der Waals surface area contributed by atoms with Gasteiger partial charge in [-0.2, -0.15) is 0 Å². The van der Waals surface area contributed by atoms with Crippen molar-refractivity contribution in [2.24, 2.45) is 0 Å². The number of benzene rings is 1. The van der Waals surface area contributed by atoms with Gasteiger partial charge in [0.2, 0.25) is 5.16 Å². The van der Waals surface area contributed by atoms with Gasteiger partial charge in [0.15, 0.2) is 5.82 Å². The van der Waals surface area contributed by atoms with E-state index in [-0.39, 0.29) is 5.91 Å². The largest absolute Gasteiger partial charge is 0.336 e. The molecular formula is C19H21N5OS. The van der Waals surface area contributed by atoms with E-state index in [2.05, 4.69) is 33.2 Å². The van der Waals surface area contributed by atoms with Gasteiger partial charge < -0.3 is 4.90 Å². The van der Waals surface area contributed by atoms with E-state index in [0.29, 0.717) is 23.1 Å². The van der Waals surface area contributed by atoms with Crippen molar-refractivity contribution < 1.29 is 4.79 Å². The minimum atomic E-state index is -0.0576. The lowest BCUT2D eigenvalue weighted by atomic mass is 10.1. The molecule has 0 spiro atoms. The maximum absolute atomic E-state index is 12.8. The quantitative estimate of drug-likeness (QED) is 0.676. The Bertz CT molecular complexity index is 891. The van der Waals surface area contributed by atoms with Gasteiger partial charge in [0.25, 0.3) is 5.91 Å². The number of hydrogen-bond acceptors (Lipinski definition) is 5. The van der Waals surface area contributed by atoms with Crippen LogP contribution in [0.25, 0.3) is 11.4 Å². The molecule has 0 saturated heterocycles. The van der Waals surface area contributed by atoms with Gasteiger partial charge >= 0.3 is 0 Å². The lowest BCUT2D eigenvalue weighted by molar-refractivity contribution is 0.0783. The van der Waals surface area contributed by atoms with Crippen molar-refractivity contribution in [3.8, 4) is 11.4 Å². The molecule has 0 aliphatic rings. The van der Waals surface area contributed by atoms with Crippen molar-refractivity contribution in [1.82, 2.24) is 25.1 Å². The van der Waals surface area contributed by atoms with E-state index in [0.717, 1.165) is 17.7 Å². The topological polar surface area (TPSA) is 74.8 Å². The van der Waals surface area contributed by atoms with Crippen LogP contribution in [-0.4, -0.2) is 44.3 Å². The highest BCUT2D eigenvalue weighted by atomic mass is 32.2. The van der Waals surface area contributed by atoms with E-state index in [1.165, 1.54) is 17.3 Å². The average Bonchev–Trinajstić information content (AvgIpc) is 3.17. The number of carbonyl (C=O) groups excluding carboxylic acids is 1. The van der Waals surface area contributed by atoms with Crippen LogP contribution in [0.1, 0.15) is 28.5 Å². The first-order valence-electron chi connectivity index (χ1n) is 8.36. The van der Waals surface area contributed by atoms with Crippen LogP contribution in [0.5, 0.6) is 0 Å². The van der Waals surface area contributed by atoms with Crippen LogP contribution >= 0.6 is 11.8 Å². The van der Waals surface area contributed by atoms with Gasteiger partial charge in [0.1, 0.15) is 0 Å². The highest BCUT2D eigenvalue weighted by Crippen LogP contribution is 2.20. The van der Waals surface area contributed by atoms with Crippen molar-refractivity contribution in [2.45, 2.75) is 25.0 Å². The van der Waals surface area contributed by atoms with Crippen molar-refractivity contribution >= 4 is 17.7 Å². The molecule has 0 bridgehead atoms. The maximum Gasteiger partial charge on any atom is 0.253 e. The predicted octanol–water partition coefficient (Wildman–Crippen LogP) is 3.42. The molecule has 26 heavy (non-hydrogen) atoms. The third-order valence-corrected chi connectivity index (χ3v) is 4.62. The molecule has 2 aromatic heterocycles. The first kappa shape index (κ1) is 18.1. The van der Waals surface area contributed by atoms with Gasteiger partial charge in [-0.1, -0.05) is 36.9 Å². The summed E-state index contributed by atoms with van der Waals surface area (Å²) in [6.45, 7) is 2.56. The SMILES string of the molecule is CCc1ccc(CN(C)C(=O)c2cccc(-c3nc(SC)n[nH]3)c2)nc1. The molecule has 0 radical (unpaired) electrons. The zero-order valence-corrected chi connectivity index (χ0v) is 15.9. The number of amides is 1. The summed E-state index contributed by atoms with van der Waals surface area (Å²) in [7, 11) is 1.78. The van der Waals surface area contributed by atoms with E-state index in [9.17, 15) is 4.79 Å². The summed E-state index contributed by atoms with van der Waals surface area (Å²) in [5, 5.41) is 7.69. The zero-order valence-electron chi connectivity index (χ0n) is 15.1. The lowest BCUT2D eigenvalue weighted by Crippen LogP contribution is -2.26. The first-order valence-corrected chi connectivity index (χ1v) is 9.59. The Hall–Kier alpha value is -2.67. The number of rotatable bonds is 6. The van der Waals surface area contributed by atoms with Gasteiger partial charge in [-0.05, 0) is 36.4 Å². The van der Waals surface area contributed by atoms with E-state index >= 15 is 0 Å². The Labute approximate surface area is 157 Å². The van der Waals surface area contributed by atoms with Gasteiger partial charge in [0, 0.05) is 24.4 Å². The molecule has 0 aliphatic carbocycles. The summed E-state index contributed by atoms with van der Waals surface area (Å²) >= 11 is 1.47. The van der Waals surface area contributed by atoms with E-state index in [1.807, 2.05) is 42.8 Å². The molecule has 0 unspecified atom stereocenters. The number of nitrogens with zero attached hydrogens (tertiary/aromatic N) is 4. The fourth-order valence-corrected chi connectivity index (χ4v) is 2.88. The number of hydrogen-bond donors (Lipinski definition) is 1. The number of nitrogens with one attached hydrogen (secondary N) is 1. The van der Waals surface area contributed by atoms with Crippen molar-refractivity contribution in [1.29, 1.82) is 0 Å². The van der Waals surface area contributed by atoms with Crippen LogP contribution in [0.2, 0.25) is 0 Å². The third kappa shape index (κ3) is 4.11. The molecule has 0 aliphatic heterocycles. The average molecular weight is 367 g/mol.